The molecule has 1 aliphatic carbocycles. The molecule has 0 atom stereocenters. The zero-order chi connectivity index (χ0) is 22.8. The lowest BCUT2D eigenvalue weighted by atomic mass is 9.90. The highest BCUT2D eigenvalue weighted by atomic mass is 16.5. The smallest absolute Gasteiger partial charge is 0.254 e. The van der Waals surface area contributed by atoms with Crippen LogP contribution in [0.4, 0.5) is 0 Å². The van der Waals surface area contributed by atoms with Crippen LogP contribution in [0.1, 0.15) is 27.2 Å². The Kier molecular flexibility index (Phi) is 6.06. The number of carbonyl (C=O) groups is 1. The van der Waals surface area contributed by atoms with Gasteiger partial charge in [-0.2, -0.15) is 5.10 Å². The Morgan fingerprint density at radius 1 is 1.18 bits per heavy atom. The molecule has 0 spiro atoms. The Bertz CT molecular complexity index is 1170. The van der Waals surface area contributed by atoms with Crippen LogP contribution in [0.3, 0.4) is 0 Å². The van der Waals surface area contributed by atoms with E-state index in [0.717, 1.165) is 68.3 Å². The second kappa shape index (κ2) is 9.29. The second-order valence-electron chi connectivity index (χ2n) is 8.33. The van der Waals surface area contributed by atoms with E-state index < -0.39 is 0 Å². The standard InChI is InChI=1S/C24H28N6O3/c1-16-21(23(31)25-7-8-29-9-11-33-12-10-29)15-27-30(16)24-26-14-18-4-3-17-13-19(32-2)5-6-20(17)22(18)28-24/h5-6,13-15H,3-4,7-12H2,1-2H3,(H,25,31). The number of nitrogens with zero attached hydrogens (tertiary/aromatic N) is 5. The number of hydrogen-bond acceptors (Lipinski definition) is 7. The molecule has 33 heavy (non-hydrogen) atoms. The molecule has 172 valence electrons. The number of benzene rings is 1. The van der Waals surface area contributed by atoms with Gasteiger partial charge in [-0.3, -0.25) is 9.69 Å². The van der Waals surface area contributed by atoms with Gasteiger partial charge in [0.05, 0.1) is 43.5 Å². The van der Waals surface area contributed by atoms with Gasteiger partial charge in [0.2, 0.25) is 0 Å². The lowest BCUT2D eigenvalue weighted by molar-refractivity contribution is 0.0383. The van der Waals surface area contributed by atoms with Crippen molar-refractivity contribution in [2.75, 3.05) is 46.5 Å². The van der Waals surface area contributed by atoms with Crippen molar-refractivity contribution in [3.63, 3.8) is 0 Å². The Morgan fingerprint density at radius 3 is 2.82 bits per heavy atom. The number of amides is 1. The number of ether oxygens (including phenoxy) is 2. The van der Waals surface area contributed by atoms with Gasteiger partial charge in [-0.05, 0) is 49.1 Å². The number of morpholine rings is 1. The molecule has 0 unspecified atom stereocenters. The maximum Gasteiger partial charge on any atom is 0.254 e. The summed E-state index contributed by atoms with van der Waals surface area (Å²) in [5.74, 6) is 1.17. The van der Waals surface area contributed by atoms with Crippen molar-refractivity contribution in [1.82, 2.24) is 30.0 Å². The van der Waals surface area contributed by atoms with Crippen LogP contribution in [0.15, 0.2) is 30.6 Å². The van der Waals surface area contributed by atoms with Crippen LogP contribution in [0, 0.1) is 6.92 Å². The van der Waals surface area contributed by atoms with Crippen LogP contribution in [-0.2, 0) is 17.6 Å². The third-order valence-corrected chi connectivity index (χ3v) is 6.34. The van der Waals surface area contributed by atoms with Crippen molar-refractivity contribution in [2.45, 2.75) is 19.8 Å². The number of aromatic nitrogens is 4. The molecule has 3 heterocycles. The SMILES string of the molecule is COc1ccc2c(c1)CCc1cnc(-n3ncc(C(=O)NCCN4CCOCC4)c3C)nc1-2. The Hall–Kier alpha value is -3.30. The van der Waals surface area contributed by atoms with Crippen LogP contribution in [-0.4, -0.2) is 77.1 Å². The van der Waals surface area contributed by atoms with Crippen LogP contribution in [0.5, 0.6) is 5.75 Å². The van der Waals surface area contributed by atoms with Gasteiger partial charge in [0, 0.05) is 37.9 Å². The van der Waals surface area contributed by atoms with E-state index in [9.17, 15) is 4.79 Å². The zero-order valence-electron chi connectivity index (χ0n) is 19.0. The number of nitrogens with one attached hydrogen (secondary N) is 1. The lowest BCUT2D eigenvalue weighted by Crippen LogP contribution is -2.41. The summed E-state index contributed by atoms with van der Waals surface area (Å²) in [5.41, 5.74) is 5.57. The maximum absolute atomic E-state index is 12.7. The van der Waals surface area contributed by atoms with Crippen molar-refractivity contribution < 1.29 is 14.3 Å². The number of carbonyl (C=O) groups excluding carboxylic acids is 1. The van der Waals surface area contributed by atoms with Gasteiger partial charge in [-0.25, -0.2) is 14.6 Å². The highest BCUT2D eigenvalue weighted by molar-refractivity contribution is 5.95. The molecule has 1 saturated heterocycles. The molecule has 2 aliphatic rings. The summed E-state index contributed by atoms with van der Waals surface area (Å²) in [5, 5.41) is 7.42. The van der Waals surface area contributed by atoms with E-state index >= 15 is 0 Å². The van der Waals surface area contributed by atoms with Crippen molar-refractivity contribution in [2.24, 2.45) is 0 Å². The van der Waals surface area contributed by atoms with E-state index in [4.69, 9.17) is 14.5 Å². The average molecular weight is 449 g/mol. The molecular formula is C24H28N6O3. The number of methoxy groups -OCH3 is 1. The average Bonchev–Trinajstić information content (AvgIpc) is 3.25. The summed E-state index contributed by atoms with van der Waals surface area (Å²) in [7, 11) is 1.68. The number of aryl methyl sites for hydroxylation is 2. The fourth-order valence-electron chi connectivity index (χ4n) is 4.40. The van der Waals surface area contributed by atoms with E-state index in [1.165, 1.54) is 5.56 Å². The minimum absolute atomic E-state index is 0.137. The third kappa shape index (κ3) is 4.34. The van der Waals surface area contributed by atoms with E-state index in [0.29, 0.717) is 23.8 Å². The molecule has 9 heteroatoms. The van der Waals surface area contributed by atoms with Gasteiger partial charge in [0.25, 0.3) is 11.9 Å². The molecule has 1 aromatic carbocycles. The highest BCUT2D eigenvalue weighted by Gasteiger charge is 2.22. The Labute approximate surface area is 192 Å². The first kappa shape index (κ1) is 21.5. The molecule has 5 rings (SSSR count). The summed E-state index contributed by atoms with van der Waals surface area (Å²) >= 11 is 0. The van der Waals surface area contributed by atoms with E-state index in [-0.39, 0.29) is 5.91 Å². The van der Waals surface area contributed by atoms with Crippen molar-refractivity contribution >= 4 is 5.91 Å². The quantitative estimate of drug-likeness (QED) is 0.615. The third-order valence-electron chi connectivity index (χ3n) is 6.34. The van der Waals surface area contributed by atoms with Crippen LogP contribution < -0.4 is 10.1 Å². The largest absolute Gasteiger partial charge is 0.497 e. The predicted octanol–water partition coefficient (Wildman–Crippen LogP) is 1.81. The molecule has 0 saturated carbocycles. The van der Waals surface area contributed by atoms with Crippen LogP contribution in [0.25, 0.3) is 17.2 Å². The summed E-state index contributed by atoms with van der Waals surface area (Å²) in [6, 6.07) is 6.07. The van der Waals surface area contributed by atoms with E-state index in [1.807, 2.05) is 25.3 Å². The highest BCUT2D eigenvalue weighted by Crippen LogP contribution is 2.34. The molecule has 3 aromatic rings. The van der Waals surface area contributed by atoms with Crippen molar-refractivity contribution in [3.05, 3.63) is 53.0 Å². The minimum Gasteiger partial charge on any atom is -0.497 e. The fourth-order valence-corrected chi connectivity index (χ4v) is 4.40. The minimum atomic E-state index is -0.137. The summed E-state index contributed by atoms with van der Waals surface area (Å²) in [6.07, 6.45) is 5.26. The maximum atomic E-state index is 12.7. The number of fused-ring (bicyclic) bond motifs is 3. The van der Waals surface area contributed by atoms with E-state index in [1.54, 1.807) is 18.0 Å². The van der Waals surface area contributed by atoms with Gasteiger partial charge < -0.3 is 14.8 Å². The normalized spacial score (nSPS) is 15.6. The van der Waals surface area contributed by atoms with Crippen LogP contribution in [0.2, 0.25) is 0 Å². The topological polar surface area (TPSA) is 94.4 Å². The zero-order valence-corrected chi connectivity index (χ0v) is 19.0. The van der Waals surface area contributed by atoms with Gasteiger partial charge in [0.15, 0.2) is 0 Å². The molecule has 2 aromatic heterocycles. The first-order valence-electron chi connectivity index (χ1n) is 11.3. The monoisotopic (exact) mass is 448 g/mol. The second-order valence-corrected chi connectivity index (χ2v) is 8.33. The lowest BCUT2D eigenvalue weighted by Gasteiger charge is -2.26. The molecule has 1 aliphatic heterocycles. The first-order valence-corrected chi connectivity index (χ1v) is 11.3. The molecule has 0 bridgehead atoms. The fraction of sp³-hybridized carbons (Fsp3) is 0.417. The van der Waals surface area contributed by atoms with Gasteiger partial charge in [-0.1, -0.05) is 0 Å². The summed E-state index contributed by atoms with van der Waals surface area (Å²) < 4.78 is 12.4. The molecule has 1 fully saturated rings. The molecule has 1 amide bonds. The van der Waals surface area contributed by atoms with Crippen molar-refractivity contribution in [3.8, 4) is 23.0 Å². The summed E-state index contributed by atoms with van der Waals surface area (Å²) in [6.45, 7) is 6.55. The molecular weight excluding hydrogens is 420 g/mol. The number of hydrogen-bond donors (Lipinski definition) is 1. The van der Waals surface area contributed by atoms with Crippen LogP contribution >= 0.6 is 0 Å². The van der Waals surface area contributed by atoms with Gasteiger partial charge in [0.1, 0.15) is 5.75 Å². The Morgan fingerprint density at radius 2 is 2.00 bits per heavy atom. The van der Waals surface area contributed by atoms with Gasteiger partial charge in [-0.15, -0.1) is 0 Å². The Balaban J connectivity index is 1.34. The van der Waals surface area contributed by atoms with Gasteiger partial charge >= 0.3 is 0 Å². The van der Waals surface area contributed by atoms with E-state index in [2.05, 4.69) is 26.4 Å². The molecule has 1 N–H and O–H groups in total. The predicted molar refractivity (Wildman–Crippen MR) is 123 cm³/mol. The summed E-state index contributed by atoms with van der Waals surface area (Å²) in [4.78, 5) is 24.4. The molecule has 0 radical (unpaired) electrons. The molecule has 9 nitrogen and oxygen atoms in total. The number of rotatable bonds is 6. The first-order chi connectivity index (χ1) is 16.1. The van der Waals surface area contributed by atoms with Crippen molar-refractivity contribution in [1.29, 1.82) is 0 Å².